The average molecular weight is 316 g/mol. The minimum atomic E-state index is -0.0958. The summed E-state index contributed by atoms with van der Waals surface area (Å²) in [7, 11) is 1.75. The fourth-order valence-corrected chi connectivity index (χ4v) is 2.41. The summed E-state index contributed by atoms with van der Waals surface area (Å²) in [6.07, 6.45) is 3.30. The molecule has 1 heterocycles. The smallest absolute Gasteiger partial charge is 0.257 e. The third-order valence-corrected chi connectivity index (χ3v) is 3.70. The SMILES string of the molecule is CN(Cc1ccc(C#N)cc1)C(=O)c1cnn(-c2ccccc2)c1. The van der Waals surface area contributed by atoms with Crippen molar-refractivity contribution in [3.63, 3.8) is 0 Å². The van der Waals surface area contributed by atoms with Crippen LogP contribution in [0.3, 0.4) is 0 Å². The van der Waals surface area contributed by atoms with Crippen LogP contribution in [0.2, 0.25) is 0 Å². The lowest BCUT2D eigenvalue weighted by molar-refractivity contribution is 0.0785. The molecule has 3 rings (SSSR count). The van der Waals surface area contributed by atoms with Crippen LogP contribution in [0.1, 0.15) is 21.5 Å². The number of aromatic nitrogens is 2. The van der Waals surface area contributed by atoms with E-state index in [0.717, 1.165) is 11.3 Å². The average Bonchev–Trinajstić information content (AvgIpc) is 3.12. The molecule has 0 radical (unpaired) electrons. The van der Waals surface area contributed by atoms with Gasteiger partial charge in [-0.05, 0) is 29.8 Å². The molecule has 1 amide bonds. The zero-order chi connectivity index (χ0) is 16.9. The Morgan fingerprint density at radius 2 is 1.88 bits per heavy atom. The molecule has 2 aromatic carbocycles. The van der Waals surface area contributed by atoms with Gasteiger partial charge in [0.1, 0.15) is 0 Å². The summed E-state index contributed by atoms with van der Waals surface area (Å²) in [6, 6.07) is 19.0. The van der Waals surface area contributed by atoms with E-state index in [1.807, 2.05) is 42.5 Å². The van der Waals surface area contributed by atoms with Crippen molar-refractivity contribution in [1.82, 2.24) is 14.7 Å². The van der Waals surface area contributed by atoms with E-state index < -0.39 is 0 Å². The number of para-hydroxylation sites is 1. The molecule has 0 aliphatic carbocycles. The van der Waals surface area contributed by atoms with Gasteiger partial charge in [0.15, 0.2) is 0 Å². The van der Waals surface area contributed by atoms with Crippen LogP contribution in [0.5, 0.6) is 0 Å². The zero-order valence-electron chi connectivity index (χ0n) is 13.3. The van der Waals surface area contributed by atoms with Crippen molar-refractivity contribution in [3.05, 3.63) is 83.7 Å². The molecule has 24 heavy (non-hydrogen) atoms. The van der Waals surface area contributed by atoms with E-state index in [-0.39, 0.29) is 5.91 Å². The molecule has 0 aliphatic rings. The predicted octanol–water partition coefficient (Wildman–Crippen LogP) is 3.02. The van der Waals surface area contributed by atoms with Gasteiger partial charge in [-0.1, -0.05) is 30.3 Å². The molecule has 0 saturated carbocycles. The van der Waals surface area contributed by atoms with Crippen molar-refractivity contribution in [2.24, 2.45) is 0 Å². The van der Waals surface area contributed by atoms with Crippen LogP contribution in [0.4, 0.5) is 0 Å². The van der Waals surface area contributed by atoms with E-state index in [2.05, 4.69) is 11.2 Å². The Balaban J connectivity index is 1.71. The first-order valence-electron chi connectivity index (χ1n) is 7.52. The maximum atomic E-state index is 12.5. The Hall–Kier alpha value is -3.39. The van der Waals surface area contributed by atoms with Gasteiger partial charge in [0.2, 0.25) is 0 Å². The van der Waals surface area contributed by atoms with Crippen LogP contribution in [0.25, 0.3) is 5.69 Å². The molecule has 0 aliphatic heterocycles. The molecule has 0 fully saturated rings. The van der Waals surface area contributed by atoms with Crippen molar-refractivity contribution in [2.45, 2.75) is 6.54 Å². The second kappa shape index (κ2) is 6.80. The number of rotatable bonds is 4. The summed E-state index contributed by atoms with van der Waals surface area (Å²) in [4.78, 5) is 14.2. The van der Waals surface area contributed by atoms with Crippen molar-refractivity contribution in [3.8, 4) is 11.8 Å². The molecule has 0 spiro atoms. The lowest BCUT2D eigenvalue weighted by Gasteiger charge is -2.16. The van der Waals surface area contributed by atoms with E-state index in [1.54, 1.807) is 41.2 Å². The first kappa shape index (κ1) is 15.5. The molecule has 1 aromatic heterocycles. The molecule has 0 N–H and O–H groups in total. The topological polar surface area (TPSA) is 61.9 Å². The fraction of sp³-hybridized carbons (Fsp3) is 0.105. The summed E-state index contributed by atoms with van der Waals surface area (Å²) in [5.74, 6) is -0.0958. The van der Waals surface area contributed by atoms with Crippen LogP contribution in [0.15, 0.2) is 67.0 Å². The lowest BCUT2D eigenvalue weighted by atomic mass is 10.1. The Bertz CT molecular complexity index is 876. The summed E-state index contributed by atoms with van der Waals surface area (Å²) < 4.78 is 1.68. The van der Waals surface area contributed by atoms with Gasteiger partial charge in [-0.3, -0.25) is 4.79 Å². The number of hydrogen-bond acceptors (Lipinski definition) is 3. The fourth-order valence-electron chi connectivity index (χ4n) is 2.41. The third-order valence-electron chi connectivity index (χ3n) is 3.70. The standard InChI is InChI=1S/C19H16N4O/c1-22(13-16-9-7-15(11-20)8-10-16)19(24)17-12-21-23(14-17)18-5-3-2-4-6-18/h2-10,12,14H,13H2,1H3. The van der Waals surface area contributed by atoms with E-state index in [9.17, 15) is 4.79 Å². The quantitative estimate of drug-likeness (QED) is 0.743. The lowest BCUT2D eigenvalue weighted by Crippen LogP contribution is -2.25. The van der Waals surface area contributed by atoms with Crippen LogP contribution in [-0.2, 0) is 6.54 Å². The Labute approximate surface area is 140 Å². The number of benzene rings is 2. The molecule has 0 atom stereocenters. The molecule has 0 unspecified atom stereocenters. The van der Waals surface area contributed by atoms with Crippen molar-refractivity contribution in [2.75, 3.05) is 7.05 Å². The van der Waals surface area contributed by atoms with Crippen LogP contribution < -0.4 is 0 Å². The first-order valence-corrected chi connectivity index (χ1v) is 7.52. The van der Waals surface area contributed by atoms with Crippen molar-refractivity contribution < 1.29 is 4.79 Å². The number of hydrogen-bond donors (Lipinski definition) is 0. The minimum absolute atomic E-state index is 0.0958. The van der Waals surface area contributed by atoms with Gasteiger partial charge < -0.3 is 4.90 Å². The molecular weight excluding hydrogens is 300 g/mol. The predicted molar refractivity (Wildman–Crippen MR) is 90.5 cm³/mol. The van der Waals surface area contributed by atoms with Crippen LogP contribution in [0, 0.1) is 11.3 Å². The summed E-state index contributed by atoms with van der Waals surface area (Å²) in [5.41, 5.74) is 3.03. The molecular formula is C19H16N4O. The van der Waals surface area contributed by atoms with E-state index in [4.69, 9.17) is 5.26 Å². The Morgan fingerprint density at radius 3 is 2.54 bits per heavy atom. The van der Waals surface area contributed by atoms with Crippen LogP contribution in [-0.4, -0.2) is 27.6 Å². The van der Waals surface area contributed by atoms with Gasteiger partial charge in [0.05, 0.1) is 29.1 Å². The minimum Gasteiger partial charge on any atom is -0.337 e. The summed E-state index contributed by atoms with van der Waals surface area (Å²) >= 11 is 0. The van der Waals surface area contributed by atoms with Crippen molar-refractivity contribution in [1.29, 1.82) is 5.26 Å². The largest absolute Gasteiger partial charge is 0.337 e. The van der Waals surface area contributed by atoms with Crippen LogP contribution >= 0.6 is 0 Å². The normalized spacial score (nSPS) is 10.2. The molecule has 3 aromatic rings. The number of nitrogens with zero attached hydrogens (tertiary/aromatic N) is 4. The summed E-state index contributed by atoms with van der Waals surface area (Å²) in [5, 5.41) is 13.1. The van der Waals surface area contributed by atoms with Gasteiger partial charge in [-0.25, -0.2) is 4.68 Å². The maximum absolute atomic E-state index is 12.5. The molecule has 118 valence electrons. The van der Waals surface area contributed by atoms with Gasteiger partial charge in [0.25, 0.3) is 5.91 Å². The first-order chi connectivity index (χ1) is 11.7. The van der Waals surface area contributed by atoms with E-state index in [0.29, 0.717) is 17.7 Å². The van der Waals surface area contributed by atoms with Gasteiger partial charge in [-0.15, -0.1) is 0 Å². The Morgan fingerprint density at radius 1 is 1.17 bits per heavy atom. The third kappa shape index (κ3) is 3.33. The molecule has 5 nitrogen and oxygen atoms in total. The maximum Gasteiger partial charge on any atom is 0.257 e. The zero-order valence-corrected chi connectivity index (χ0v) is 13.3. The highest BCUT2D eigenvalue weighted by Gasteiger charge is 2.14. The highest BCUT2D eigenvalue weighted by atomic mass is 16.2. The monoisotopic (exact) mass is 316 g/mol. The second-order valence-corrected chi connectivity index (χ2v) is 5.48. The van der Waals surface area contributed by atoms with Gasteiger partial charge in [0, 0.05) is 19.8 Å². The highest BCUT2D eigenvalue weighted by Crippen LogP contribution is 2.12. The van der Waals surface area contributed by atoms with E-state index >= 15 is 0 Å². The summed E-state index contributed by atoms with van der Waals surface area (Å²) in [6.45, 7) is 0.473. The van der Waals surface area contributed by atoms with E-state index in [1.165, 1.54) is 0 Å². The highest BCUT2D eigenvalue weighted by molar-refractivity contribution is 5.93. The number of carbonyl (C=O) groups is 1. The second-order valence-electron chi connectivity index (χ2n) is 5.48. The molecule has 0 saturated heterocycles. The van der Waals surface area contributed by atoms with Gasteiger partial charge >= 0.3 is 0 Å². The molecule has 5 heteroatoms. The Kier molecular flexibility index (Phi) is 4.39. The number of nitriles is 1. The number of carbonyl (C=O) groups excluding carboxylic acids is 1. The molecule has 0 bridgehead atoms. The van der Waals surface area contributed by atoms with Gasteiger partial charge in [-0.2, -0.15) is 10.4 Å². The number of amides is 1. The van der Waals surface area contributed by atoms with Crippen molar-refractivity contribution >= 4 is 5.91 Å².